The second kappa shape index (κ2) is 6.07. The molecule has 0 aromatic carbocycles. The first-order chi connectivity index (χ1) is 7.67. The molecule has 16 heavy (non-hydrogen) atoms. The van der Waals surface area contributed by atoms with E-state index >= 15 is 0 Å². The first-order valence-corrected chi connectivity index (χ1v) is 5.11. The molecule has 0 saturated heterocycles. The zero-order valence-corrected chi connectivity index (χ0v) is 9.78. The summed E-state index contributed by atoms with van der Waals surface area (Å²) in [6, 6.07) is 3.46. The minimum Gasteiger partial charge on any atom is -0.387 e. The van der Waals surface area contributed by atoms with E-state index in [-0.39, 0.29) is 11.9 Å². The lowest BCUT2D eigenvalue weighted by molar-refractivity contribution is 0.0900. The van der Waals surface area contributed by atoms with Crippen molar-refractivity contribution in [3.63, 3.8) is 0 Å². The zero-order valence-electron chi connectivity index (χ0n) is 9.78. The van der Waals surface area contributed by atoms with Gasteiger partial charge in [0, 0.05) is 20.2 Å². The van der Waals surface area contributed by atoms with Crippen LogP contribution in [0.4, 0.5) is 5.69 Å². The Hall–Kier alpha value is -1.62. The van der Waals surface area contributed by atoms with Crippen molar-refractivity contribution in [3.8, 4) is 0 Å². The maximum absolute atomic E-state index is 11.7. The molecular weight excluding hydrogens is 206 g/mol. The smallest absolute Gasteiger partial charge is 0.270 e. The third-order valence-corrected chi connectivity index (χ3v) is 2.08. The van der Waals surface area contributed by atoms with Gasteiger partial charge in [-0.25, -0.2) is 4.98 Å². The fourth-order valence-corrected chi connectivity index (χ4v) is 1.27. The van der Waals surface area contributed by atoms with Gasteiger partial charge in [-0.15, -0.1) is 0 Å². The van der Waals surface area contributed by atoms with Crippen molar-refractivity contribution in [2.45, 2.75) is 13.0 Å². The molecule has 0 aliphatic rings. The standard InChI is InChI=1S/C11H17N3O2/c1-8(7-16-3)14-11(15)10-5-4-9(12-2)6-13-10/h4-6,8,12H,7H2,1-3H3,(H,14,15). The average molecular weight is 223 g/mol. The lowest BCUT2D eigenvalue weighted by Crippen LogP contribution is -2.36. The molecule has 88 valence electrons. The number of ether oxygens (including phenoxy) is 1. The minimum absolute atomic E-state index is 0.0247. The van der Waals surface area contributed by atoms with Crippen LogP contribution in [0.1, 0.15) is 17.4 Å². The number of pyridine rings is 1. The van der Waals surface area contributed by atoms with Gasteiger partial charge in [0.15, 0.2) is 0 Å². The molecule has 1 atom stereocenters. The van der Waals surface area contributed by atoms with Crippen LogP contribution in [-0.2, 0) is 4.74 Å². The molecule has 0 bridgehead atoms. The molecule has 1 heterocycles. The highest BCUT2D eigenvalue weighted by atomic mass is 16.5. The van der Waals surface area contributed by atoms with Gasteiger partial charge in [0.2, 0.25) is 0 Å². The van der Waals surface area contributed by atoms with E-state index < -0.39 is 0 Å². The lowest BCUT2D eigenvalue weighted by atomic mass is 10.3. The van der Waals surface area contributed by atoms with E-state index in [0.717, 1.165) is 5.69 Å². The van der Waals surface area contributed by atoms with E-state index in [0.29, 0.717) is 12.3 Å². The summed E-state index contributed by atoms with van der Waals surface area (Å²) >= 11 is 0. The Morgan fingerprint density at radius 2 is 2.31 bits per heavy atom. The molecule has 5 heteroatoms. The normalized spacial score (nSPS) is 11.9. The molecule has 1 aromatic rings. The van der Waals surface area contributed by atoms with E-state index in [1.807, 2.05) is 13.0 Å². The number of nitrogens with one attached hydrogen (secondary N) is 2. The molecule has 0 saturated carbocycles. The predicted molar refractivity (Wildman–Crippen MR) is 62.6 cm³/mol. The van der Waals surface area contributed by atoms with Crippen LogP contribution in [-0.4, -0.2) is 37.7 Å². The number of aromatic nitrogens is 1. The maximum Gasteiger partial charge on any atom is 0.270 e. The molecule has 0 radical (unpaired) electrons. The van der Waals surface area contributed by atoms with Gasteiger partial charge in [-0.2, -0.15) is 0 Å². The van der Waals surface area contributed by atoms with Gasteiger partial charge in [-0.1, -0.05) is 0 Å². The van der Waals surface area contributed by atoms with Crippen molar-refractivity contribution < 1.29 is 9.53 Å². The number of anilines is 1. The van der Waals surface area contributed by atoms with Gasteiger partial charge < -0.3 is 15.4 Å². The number of hydrogen-bond acceptors (Lipinski definition) is 4. The second-order valence-corrected chi connectivity index (χ2v) is 3.51. The number of methoxy groups -OCH3 is 1. The van der Waals surface area contributed by atoms with Crippen molar-refractivity contribution in [1.29, 1.82) is 0 Å². The first kappa shape index (κ1) is 12.4. The SMILES string of the molecule is CNc1ccc(C(=O)NC(C)COC)nc1. The highest BCUT2D eigenvalue weighted by molar-refractivity contribution is 5.92. The molecule has 2 N–H and O–H groups in total. The van der Waals surface area contributed by atoms with Crippen LogP contribution in [0.3, 0.4) is 0 Å². The summed E-state index contributed by atoms with van der Waals surface area (Å²) in [4.78, 5) is 15.7. The first-order valence-electron chi connectivity index (χ1n) is 5.11. The van der Waals surface area contributed by atoms with Crippen LogP contribution in [0.15, 0.2) is 18.3 Å². The van der Waals surface area contributed by atoms with E-state index in [9.17, 15) is 4.79 Å². The summed E-state index contributed by atoms with van der Waals surface area (Å²) in [6.45, 7) is 2.36. The van der Waals surface area contributed by atoms with Crippen molar-refractivity contribution in [2.75, 3.05) is 26.1 Å². The Bertz CT molecular complexity index is 338. The van der Waals surface area contributed by atoms with Gasteiger partial charge in [0.05, 0.1) is 18.5 Å². The molecule has 0 aliphatic heterocycles. The van der Waals surface area contributed by atoms with E-state index in [1.165, 1.54) is 0 Å². The monoisotopic (exact) mass is 223 g/mol. The fourth-order valence-electron chi connectivity index (χ4n) is 1.27. The van der Waals surface area contributed by atoms with Crippen LogP contribution in [0.5, 0.6) is 0 Å². The van der Waals surface area contributed by atoms with E-state index in [1.54, 1.807) is 26.4 Å². The van der Waals surface area contributed by atoms with Crippen LogP contribution < -0.4 is 10.6 Å². The third-order valence-electron chi connectivity index (χ3n) is 2.08. The van der Waals surface area contributed by atoms with Crippen LogP contribution in [0, 0.1) is 0 Å². The summed E-state index contributed by atoms with van der Waals surface area (Å²) in [5, 5.41) is 5.73. The molecule has 0 aliphatic carbocycles. The predicted octanol–water partition coefficient (Wildman–Crippen LogP) is 0.888. The van der Waals surface area contributed by atoms with Crippen LogP contribution >= 0.6 is 0 Å². The molecule has 1 aromatic heterocycles. The highest BCUT2D eigenvalue weighted by Crippen LogP contribution is 2.04. The molecule has 1 rings (SSSR count). The summed E-state index contributed by atoms with van der Waals surface area (Å²) in [7, 11) is 3.40. The van der Waals surface area contributed by atoms with Gasteiger partial charge >= 0.3 is 0 Å². The Kier molecular flexibility index (Phi) is 4.72. The zero-order chi connectivity index (χ0) is 12.0. The van der Waals surface area contributed by atoms with Crippen molar-refractivity contribution in [3.05, 3.63) is 24.0 Å². The third kappa shape index (κ3) is 3.51. The summed E-state index contributed by atoms with van der Waals surface area (Å²) < 4.78 is 4.93. The number of hydrogen-bond donors (Lipinski definition) is 2. The Balaban J connectivity index is 2.59. The molecule has 0 spiro atoms. The quantitative estimate of drug-likeness (QED) is 0.778. The van der Waals surface area contributed by atoms with E-state index in [2.05, 4.69) is 15.6 Å². The number of carbonyl (C=O) groups excluding carboxylic acids is 1. The lowest BCUT2D eigenvalue weighted by Gasteiger charge is -2.12. The van der Waals surface area contributed by atoms with Crippen molar-refractivity contribution in [1.82, 2.24) is 10.3 Å². The number of amides is 1. The average Bonchev–Trinajstić information content (AvgIpc) is 2.29. The van der Waals surface area contributed by atoms with Gasteiger partial charge in [-0.05, 0) is 19.1 Å². The van der Waals surface area contributed by atoms with Crippen molar-refractivity contribution in [2.24, 2.45) is 0 Å². The molecule has 1 unspecified atom stereocenters. The second-order valence-electron chi connectivity index (χ2n) is 3.51. The highest BCUT2D eigenvalue weighted by Gasteiger charge is 2.10. The number of nitrogens with zero attached hydrogens (tertiary/aromatic N) is 1. The topological polar surface area (TPSA) is 63.2 Å². The van der Waals surface area contributed by atoms with Gasteiger partial charge in [0.1, 0.15) is 5.69 Å². The van der Waals surface area contributed by atoms with Gasteiger partial charge in [0.25, 0.3) is 5.91 Å². The molecule has 1 amide bonds. The Labute approximate surface area is 95.2 Å². The summed E-state index contributed by atoms with van der Waals surface area (Å²) in [5.41, 5.74) is 1.28. The van der Waals surface area contributed by atoms with Crippen molar-refractivity contribution >= 4 is 11.6 Å². The van der Waals surface area contributed by atoms with Gasteiger partial charge in [-0.3, -0.25) is 4.79 Å². The minimum atomic E-state index is -0.188. The van der Waals surface area contributed by atoms with E-state index in [4.69, 9.17) is 4.74 Å². The Morgan fingerprint density at radius 3 is 2.81 bits per heavy atom. The van der Waals surface area contributed by atoms with Crippen LogP contribution in [0.25, 0.3) is 0 Å². The summed E-state index contributed by atoms with van der Waals surface area (Å²) in [6.07, 6.45) is 1.62. The number of rotatable bonds is 5. The summed E-state index contributed by atoms with van der Waals surface area (Å²) in [5.74, 6) is -0.188. The Morgan fingerprint density at radius 1 is 1.56 bits per heavy atom. The van der Waals surface area contributed by atoms with Crippen LogP contribution in [0.2, 0.25) is 0 Å². The molecular formula is C11H17N3O2. The number of carbonyl (C=O) groups is 1. The largest absolute Gasteiger partial charge is 0.387 e. The molecule has 0 fully saturated rings. The molecule has 5 nitrogen and oxygen atoms in total. The fraction of sp³-hybridized carbons (Fsp3) is 0.455. The maximum atomic E-state index is 11.7.